The Labute approximate surface area is 263 Å². The van der Waals surface area contributed by atoms with E-state index >= 15 is 0 Å². The molecule has 0 aliphatic carbocycles. The standard InChI is InChI=1S/2C18H30O2.Cu/c2*1-2-3-4-5-6-7-8-9-10-11-12-13-14-15-16-17-18(19)20;/h2*3-4,6-7,9-10H,2,5,8,11-17H2,1H3,(H,19,20);/q;;+2/p-2/b2*4-3-,7-6-,10-9-;. The number of carboxylic acid groups (broad SMARTS) is 2. The van der Waals surface area contributed by atoms with Crippen LogP contribution < -0.4 is 10.2 Å². The maximum Gasteiger partial charge on any atom is 2.00 e. The number of hydrogen-bond donors (Lipinski definition) is 0. The van der Waals surface area contributed by atoms with E-state index in [-0.39, 0.29) is 29.9 Å². The molecular formula is C36H58CuO4. The summed E-state index contributed by atoms with van der Waals surface area (Å²) < 4.78 is 0. The first-order valence-corrected chi connectivity index (χ1v) is 15.8. The normalized spacial score (nSPS) is 11.8. The molecule has 1 radical (unpaired) electrons. The number of hydrogen-bond acceptors (Lipinski definition) is 4. The van der Waals surface area contributed by atoms with Crippen LogP contribution in [0.5, 0.6) is 0 Å². The molecule has 237 valence electrons. The quantitative estimate of drug-likeness (QED) is 0.0552. The molecule has 0 saturated heterocycles. The minimum absolute atomic E-state index is 0. The molecule has 0 spiro atoms. The third-order valence-electron chi connectivity index (χ3n) is 6.06. The van der Waals surface area contributed by atoms with E-state index in [1.54, 1.807) is 0 Å². The average molecular weight is 618 g/mol. The molecule has 0 unspecified atom stereocenters. The van der Waals surface area contributed by atoms with Gasteiger partial charge in [0.25, 0.3) is 0 Å². The first kappa shape index (κ1) is 43.4. The van der Waals surface area contributed by atoms with Gasteiger partial charge >= 0.3 is 17.1 Å². The fourth-order valence-corrected chi connectivity index (χ4v) is 3.78. The Balaban J connectivity index is -0.000000688. The Morgan fingerprint density at radius 2 is 0.683 bits per heavy atom. The zero-order chi connectivity index (χ0) is 29.8. The molecule has 0 heterocycles. The van der Waals surface area contributed by atoms with Crippen LogP contribution in [0.3, 0.4) is 0 Å². The SMILES string of the molecule is CC/C=C\C/C=C\C/C=C\CCCCCCCC(=O)[O-].CC/C=C\C/C=C\C/C=C\CCCCCCCC(=O)[O-].[Cu+2]. The maximum absolute atomic E-state index is 10.2. The summed E-state index contributed by atoms with van der Waals surface area (Å²) in [5.74, 6) is -1.85. The van der Waals surface area contributed by atoms with Crippen molar-refractivity contribution in [2.24, 2.45) is 0 Å². The van der Waals surface area contributed by atoms with Gasteiger partial charge in [0.2, 0.25) is 0 Å². The molecule has 0 atom stereocenters. The van der Waals surface area contributed by atoms with Crippen LogP contribution in [0.2, 0.25) is 0 Å². The topological polar surface area (TPSA) is 80.3 Å². The molecule has 0 amide bonds. The van der Waals surface area contributed by atoms with Crippen LogP contribution in [0.1, 0.15) is 142 Å². The Hall–Kier alpha value is -2.10. The van der Waals surface area contributed by atoms with Gasteiger partial charge in [0.15, 0.2) is 0 Å². The number of aliphatic carboxylic acids is 2. The van der Waals surface area contributed by atoms with Crippen molar-refractivity contribution in [3.8, 4) is 0 Å². The largest absolute Gasteiger partial charge is 2.00 e. The van der Waals surface area contributed by atoms with Crippen LogP contribution in [0.4, 0.5) is 0 Å². The summed E-state index contributed by atoms with van der Waals surface area (Å²) in [5.41, 5.74) is 0. The van der Waals surface area contributed by atoms with Crippen LogP contribution in [0.15, 0.2) is 72.9 Å². The van der Waals surface area contributed by atoms with E-state index in [0.717, 1.165) is 89.9 Å². The van der Waals surface area contributed by atoms with Crippen molar-refractivity contribution in [1.29, 1.82) is 0 Å². The van der Waals surface area contributed by atoms with Gasteiger partial charge in [0.05, 0.1) is 0 Å². The molecule has 0 aliphatic rings. The first-order valence-electron chi connectivity index (χ1n) is 15.8. The minimum atomic E-state index is -0.925. The molecule has 0 bridgehead atoms. The van der Waals surface area contributed by atoms with Crippen molar-refractivity contribution >= 4 is 11.9 Å². The summed E-state index contributed by atoms with van der Waals surface area (Å²) in [6.07, 6.45) is 46.1. The number of unbranched alkanes of at least 4 members (excludes halogenated alkanes) is 10. The number of carbonyl (C=O) groups is 2. The summed E-state index contributed by atoms with van der Waals surface area (Å²) in [6, 6.07) is 0. The Kier molecular flexibility index (Phi) is 42.3. The summed E-state index contributed by atoms with van der Waals surface area (Å²) in [7, 11) is 0. The summed E-state index contributed by atoms with van der Waals surface area (Å²) in [4.78, 5) is 20.4. The monoisotopic (exact) mass is 617 g/mol. The molecule has 0 saturated carbocycles. The molecule has 0 N–H and O–H groups in total. The van der Waals surface area contributed by atoms with Gasteiger partial charge in [0, 0.05) is 11.9 Å². The van der Waals surface area contributed by atoms with Crippen LogP contribution in [-0.4, -0.2) is 11.9 Å². The zero-order valence-electron chi connectivity index (χ0n) is 26.0. The number of carbonyl (C=O) groups excluding carboxylic acids is 2. The third-order valence-corrected chi connectivity index (χ3v) is 6.06. The van der Waals surface area contributed by atoms with E-state index in [1.165, 1.54) is 25.7 Å². The van der Waals surface area contributed by atoms with E-state index in [0.29, 0.717) is 0 Å². The van der Waals surface area contributed by atoms with E-state index < -0.39 is 11.9 Å². The van der Waals surface area contributed by atoms with Gasteiger partial charge in [0.1, 0.15) is 0 Å². The molecule has 0 aliphatic heterocycles. The smallest absolute Gasteiger partial charge is 0.550 e. The summed E-state index contributed by atoms with van der Waals surface area (Å²) in [6.45, 7) is 4.29. The van der Waals surface area contributed by atoms with Crippen molar-refractivity contribution in [3.63, 3.8) is 0 Å². The maximum atomic E-state index is 10.2. The van der Waals surface area contributed by atoms with Crippen LogP contribution in [0, 0.1) is 0 Å². The summed E-state index contributed by atoms with van der Waals surface area (Å²) in [5, 5.41) is 20.4. The predicted octanol–water partition coefficient (Wildman–Crippen LogP) is 8.65. The molecule has 0 aromatic rings. The van der Waals surface area contributed by atoms with Crippen molar-refractivity contribution in [1.82, 2.24) is 0 Å². The number of rotatable bonds is 26. The fourth-order valence-electron chi connectivity index (χ4n) is 3.78. The van der Waals surface area contributed by atoms with Crippen LogP contribution >= 0.6 is 0 Å². The molecule has 4 nitrogen and oxygen atoms in total. The van der Waals surface area contributed by atoms with Gasteiger partial charge in [-0.15, -0.1) is 0 Å². The van der Waals surface area contributed by atoms with Gasteiger partial charge in [-0.2, -0.15) is 0 Å². The molecular weight excluding hydrogens is 560 g/mol. The fraction of sp³-hybridized carbons (Fsp3) is 0.611. The Bertz CT molecular complexity index is 670. The molecule has 41 heavy (non-hydrogen) atoms. The second-order valence-corrected chi connectivity index (χ2v) is 9.94. The third kappa shape index (κ3) is 48.0. The molecule has 0 aromatic heterocycles. The summed E-state index contributed by atoms with van der Waals surface area (Å²) >= 11 is 0. The molecule has 0 aromatic carbocycles. The van der Waals surface area contributed by atoms with Gasteiger partial charge in [-0.1, -0.05) is 125 Å². The number of allylic oxidation sites excluding steroid dienone is 12. The van der Waals surface area contributed by atoms with Gasteiger partial charge in [-0.3, -0.25) is 0 Å². The zero-order valence-corrected chi connectivity index (χ0v) is 26.9. The van der Waals surface area contributed by atoms with Gasteiger partial charge in [-0.05, 0) is 89.9 Å². The second kappa shape index (κ2) is 40.0. The van der Waals surface area contributed by atoms with E-state index in [4.69, 9.17) is 0 Å². The second-order valence-electron chi connectivity index (χ2n) is 9.94. The Morgan fingerprint density at radius 1 is 0.415 bits per heavy atom. The van der Waals surface area contributed by atoms with Crippen LogP contribution in [-0.2, 0) is 26.7 Å². The predicted molar refractivity (Wildman–Crippen MR) is 169 cm³/mol. The number of carboxylic acids is 2. The van der Waals surface area contributed by atoms with Crippen molar-refractivity contribution < 1.29 is 36.9 Å². The molecule has 0 rings (SSSR count). The van der Waals surface area contributed by atoms with Gasteiger partial charge in [-0.25, -0.2) is 0 Å². The average Bonchev–Trinajstić information content (AvgIpc) is 2.93. The van der Waals surface area contributed by atoms with E-state index in [9.17, 15) is 19.8 Å². The van der Waals surface area contributed by atoms with Crippen molar-refractivity contribution in [3.05, 3.63) is 72.9 Å². The minimum Gasteiger partial charge on any atom is -0.550 e. The van der Waals surface area contributed by atoms with Crippen LogP contribution in [0.25, 0.3) is 0 Å². The van der Waals surface area contributed by atoms with Crippen molar-refractivity contribution in [2.75, 3.05) is 0 Å². The van der Waals surface area contributed by atoms with E-state index in [1.807, 2.05) is 0 Å². The first-order chi connectivity index (χ1) is 19.5. The van der Waals surface area contributed by atoms with Crippen molar-refractivity contribution in [2.45, 2.75) is 142 Å². The van der Waals surface area contributed by atoms with Gasteiger partial charge < -0.3 is 19.8 Å². The molecule has 0 fully saturated rings. The molecule has 5 heteroatoms. The van der Waals surface area contributed by atoms with E-state index in [2.05, 4.69) is 86.8 Å². The Morgan fingerprint density at radius 3 is 1.00 bits per heavy atom.